The summed E-state index contributed by atoms with van der Waals surface area (Å²) in [4.78, 5) is 2.44. The van der Waals surface area contributed by atoms with Gasteiger partial charge < -0.3 is 15.2 Å². The van der Waals surface area contributed by atoms with Gasteiger partial charge in [0.05, 0.1) is 26.4 Å². The second-order valence-corrected chi connectivity index (χ2v) is 3.57. The number of morpholine rings is 1. The van der Waals surface area contributed by atoms with Crippen molar-refractivity contribution in [2.45, 2.75) is 19.4 Å². The van der Waals surface area contributed by atoms with Crippen LogP contribution in [0.15, 0.2) is 0 Å². The summed E-state index contributed by atoms with van der Waals surface area (Å²) in [6, 6.07) is 0.574. The first-order chi connectivity index (χ1) is 6.88. The van der Waals surface area contributed by atoms with Gasteiger partial charge >= 0.3 is 0 Å². The van der Waals surface area contributed by atoms with Crippen molar-refractivity contribution in [3.05, 3.63) is 0 Å². The molecular formula is C10H22N2O2. The number of hydrogen-bond acceptors (Lipinski definition) is 4. The lowest BCUT2D eigenvalue weighted by atomic mass is 10.2. The van der Waals surface area contributed by atoms with Crippen LogP contribution in [0.2, 0.25) is 0 Å². The Morgan fingerprint density at radius 1 is 1.50 bits per heavy atom. The number of hydrogen-bond donors (Lipinski definition) is 1. The first-order valence-electron chi connectivity index (χ1n) is 5.48. The third-order valence-corrected chi connectivity index (χ3v) is 2.61. The molecule has 1 heterocycles. The van der Waals surface area contributed by atoms with Crippen molar-refractivity contribution >= 4 is 0 Å². The second-order valence-electron chi connectivity index (χ2n) is 3.57. The van der Waals surface area contributed by atoms with Crippen molar-refractivity contribution in [3.8, 4) is 0 Å². The molecule has 4 nitrogen and oxygen atoms in total. The van der Waals surface area contributed by atoms with Gasteiger partial charge in [0.1, 0.15) is 0 Å². The Labute approximate surface area is 86.3 Å². The smallest absolute Gasteiger partial charge is 0.0622 e. The molecule has 0 amide bonds. The van der Waals surface area contributed by atoms with Crippen LogP contribution in [0.4, 0.5) is 0 Å². The highest BCUT2D eigenvalue weighted by atomic mass is 16.5. The Morgan fingerprint density at radius 3 is 3.07 bits per heavy atom. The second kappa shape index (κ2) is 7.17. The van der Waals surface area contributed by atoms with Crippen LogP contribution in [0.5, 0.6) is 0 Å². The fraction of sp³-hybridized carbons (Fsp3) is 1.00. The minimum absolute atomic E-state index is 0.574. The van der Waals surface area contributed by atoms with Gasteiger partial charge in [0, 0.05) is 25.7 Å². The Morgan fingerprint density at radius 2 is 2.36 bits per heavy atom. The van der Waals surface area contributed by atoms with Gasteiger partial charge in [-0.1, -0.05) is 6.92 Å². The summed E-state index contributed by atoms with van der Waals surface area (Å²) in [7, 11) is 0. The minimum atomic E-state index is 0.574. The highest BCUT2D eigenvalue weighted by Gasteiger charge is 2.20. The molecule has 1 aliphatic rings. The lowest BCUT2D eigenvalue weighted by Gasteiger charge is -2.34. The summed E-state index contributed by atoms with van der Waals surface area (Å²) in [6.45, 7) is 8.02. The maximum atomic E-state index is 5.43. The van der Waals surface area contributed by atoms with Gasteiger partial charge in [-0.25, -0.2) is 0 Å². The third-order valence-electron chi connectivity index (χ3n) is 2.61. The topological polar surface area (TPSA) is 47.7 Å². The molecule has 14 heavy (non-hydrogen) atoms. The molecule has 0 aromatic rings. The largest absolute Gasteiger partial charge is 0.379 e. The zero-order chi connectivity index (χ0) is 10.2. The average molecular weight is 202 g/mol. The summed E-state index contributed by atoms with van der Waals surface area (Å²) < 4.78 is 10.8. The summed E-state index contributed by atoms with van der Waals surface area (Å²) in [5.74, 6) is 0. The Hall–Kier alpha value is -0.160. The van der Waals surface area contributed by atoms with Crippen LogP contribution < -0.4 is 5.73 Å². The highest BCUT2D eigenvalue weighted by molar-refractivity contribution is 4.73. The first kappa shape index (κ1) is 11.9. The fourth-order valence-corrected chi connectivity index (χ4v) is 1.73. The van der Waals surface area contributed by atoms with Crippen molar-refractivity contribution in [1.29, 1.82) is 0 Å². The van der Waals surface area contributed by atoms with Crippen LogP contribution >= 0.6 is 0 Å². The molecule has 84 valence electrons. The predicted octanol–water partition coefficient (Wildman–Crippen LogP) is 0.0725. The molecular weight excluding hydrogens is 180 g/mol. The van der Waals surface area contributed by atoms with Crippen LogP contribution in [-0.2, 0) is 9.47 Å². The van der Waals surface area contributed by atoms with Crippen molar-refractivity contribution in [3.63, 3.8) is 0 Å². The molecule has 0 spiro atoms. The average Bonchev–Trinajstić information content (AvgIpc) is 2.25. The van der Waals surface area contributed by atoms with Gasteiger partial charge in [-0.05, 0) is 6.42 Å². The summed E-state index contributed by atoms with van der Waals surface area (Å²) in [5, 5.41) is 0. The van der Waals surface area contributed by atoms with E-state index in [-0.39, 0.29) is 0 Å². The van der Waals surface area contributed by atoms with Crippen LogP contribution in [0.3, 0.4) is 0 Å². The summed E-state index contributed by atoms with van der Waals surface area (Å²) in [6.07, 6.45) is 1.15. The lowest BCUT2D eigenvalue weighted by Crippen LogP contribution is -2.46. The highest BCUT2D eigenvalue weighted by Crippen LogP contribution is 2.09. The van der Waals surface area contributed by atoms with Gasteiger partial charge in [-0.15, -0.1) is 0 Å². The van der Waals surface area contributed by atoms with Gasteiger partial charge in [0.2, 0.25) is 0 Å². The van der Waals surface area contributed by atoms with Crippen LogP contribution in [0.1, 0.15) is 13.3 Å². The molecule has 2 N–H and O–H groups in total. The molecule has 0 radical (unpaired) electrons. The standard InChI is InChI=1S/C10H22N2O2/c1-2-10-9-14-8-5-12(10)4-7-13-6-3-11/h10H,2-9,11H2,1H3. The van der Waals surface area contributed by atoms with E-state index in [9.17, 15) is 0 Å². The van der Waals surface area contributed by atoms with Gasteiger partial charge in [-0.2, -0.15) is 0 Å². The van der Waals surface area contributed by atoms with Gasteiger partial charge in [0.25, 0.3) is 0 Å². The van der Waals surface area contributed by atoms with Crippen molar-refractivity contribution in [2.75, 3.05) is 46.1 Å². The third kappa shape index (κ3) is 3.92. The van der Waals surface area contributed by atoms with E-state index in [2.05, 4.69) is 11.8 Å². The number of nitrogens with zero attached hydrogens (tertiary/aromatic N) is 1. The van der Waals surface area contributed by atoms with Crippen molar-refractivity contribution in [1.82, 2.24) is 4.90 Å². The molecule has 0 bridgehead atoms. The van der Waals surface area contributed by atoms with Crippen LogP contribution in [0, 0.1) is 0 Å². The van der Waals surface area contributed by atoms with Crippen molar-refractivity contribution < 1.29 is 9.47 Å². The SMILES string of the molecule is CCC1COCCN1CCOCCN. The molecule has 0 aromatic heterocycles. The number of nitrogens with two attached hydrogens (primary N) is 1. The molecule has 1 atom stereocenters. The molecule has 1 aliphatic heterocycles. The van der Waals surface area contributed by atoms with Crippen LogP contribution in [-0.4, -0.2) is 57.0 Å². The maximum Gasteiger partial charge on any atom is 0.0622 e. The molecule has 4 heteroatoms. The number of rotatable bonds is 6. The lowest BCUT2D eigenvalue weighted by molar-refractivity contribution is -0.0207. The molecule has 0 aliphatic carbocycles. The van der Waals surface area contributed by atoms with Crippen molar-refractivity contribution in [2.24, 2.45) is 5.73 Å². The molecule has 0 saturated carbocycles. The zero-order valence-corrected chi connectivity index (χ0v) is 9.08. The summed E-state index contributed by atoms with van der Waals surface area (Å²) >= 11 is 0. The monoisotopic (exact) mass is 202 g/mol. The quantitative estimate of drug-likeness (QED) is 0.619. The predicted molar refractivity (Wildman–Crippen MR) is 56.3 cm³/mol. The minimum Gasteiger partial charge on any atom is -0.379 e. The molecule has 1 fully saturated rings. The van der Waals surface area contributed by atoms with E-state index in [0.29, 0.717) is 19.2 Å². The fourth-order valence-electron chi connectivity index (χ4n) is 1.73. The van der Waals surface area contributed by atoms with E-state index in [1.165, 1.54) is 0 Å². The zero-order valence-electron chi connectivity index (χ0n) is 9.08. The van der Waals surface area contributed by atoms with E-state index in [4.69, 9.17) is 15.2 Å². The molecule has 1 rings (SSSR count). The van der Waals surface area contributed by atoms with E-state index >= 15 is 0 Å². The maximum absolute atomic E-state index is 5.43. The Balaban J connectivity index is 2.13. The van der Waals surface area contributed by atoms with E-state index in [1.54, 1.807) is 0 Å². The summed E-state index contributed by atoms with van der Waals surface area (Å²) in [5.41, 5.74) is 5.34. The van der Waals surface area contributed by atoms with Gasteiger partial charge in [0.15, 0.2) is 0 Å². The Bertz CT molecular complexity index is 144. The molecule has 1 unspecified atom stereocenters. The first-order valence-corrected chi connectivity index (χ1v) is 5.48. The normalized spacial score (nSPS) is 24.0. The van der Waals surface area contributed by atoms with Crippen LogP contribution in [0.25, 0.3) is 0 Å². The number of ether oxygens (including phenoxy) is 2. The van der Waals surface area contributed by atoms with E-state index in [1.807, 2.05) is 0 Å². The molecule has 1 saturated heterocycles. The van der Waals surface area contributed by atoms with E-state index in [0.717, 1.165) is 39.3 Å². The molecule has 0 aromatic carbocycles. The van der Waals surface area contributed by atoms with E-state index < -0.39 is 0 Å². The van der Waals surface area contributed by atoms with Gasteiger partial charge in [-0.3, -0.25) is 4.90 Å². The Kier molecular flexibility index (Phi) is 6.10.